The van der Waals surface area contributed by atoms with E-state index in [-0.39, 0.29) is 18.6 Å². The van der Waals surface area contributed by atoms with Gasteiger partial charge in [0.15, 0.2) is 5.96 Å². The van der Waals surface area contributed by atoms with Crippen molar-refractivity contribution in [2.75, 3.05) is 33.3 Å². The van der Waals surface area contributed by atoms with Crippen molar-refractivity contribution in [1.29, 1.82) is 0 Å². The molecule has 0 bridgehead atoms. The molecule has 2 N–H and O–H groups in total. The molecule has 1 saturated heterocycles. The molecule has 27 heavy (non-hydrogen) atoms. The fourth-order valence-corrected chi connectivity index (χ4v) is 4.00. The summed E-state index contributed by atoms with van der Waals surface area (Å²) in [5.41, 5.74) is 2.45. The number of rotatable bonds is 4. The SMILES string of the molecule is CN=C(NCC(=O)NC1CCCCC1)N1CCOC(c2ccccc2C)C1. The number of morpholine rings is 1. The van der Waals surface area contributed by atoms with Gasteiger partial charge in [-0.15, -0.1) is 0 Å². The molecule has 2 fully saturated rings. The van der Waals surface area contributed by atoms with Crippen molar-refractivity contribution in [3.05, 3.63) is 35.4 Å². The average Bonchev–Trinajstić information content (AvgIpc) is 2.70. The number of amides is 1. The van der Waals surface area contributed by atoms with Gasteiger partial charge in [-0.3, -0.25) is 9.79 Å². The van der Waals surface area contributed by atoms with Crippen molar-refractivity contribution in [3.8, 4) is 0 Å². The van der Waals surface area contributed by atoms with E-state index in [0.29, 0.717) is 12.6 Å². The Kier molecular flexibility index (Phi) is 7.10. The fraction of sp³-hybridized carbons (Fsp3) is 0.619. The van der Waals surface area contributed by atoms with Gasteiger partial charge in [-0.1, -0.05) is 43.5 Å². The molecule has 1 saturated carbocycles. The van der Waals surface area contributed by atoms with Gasteiger partial charge in [0, 0.05) is 19.6 Å². The highest BCUT2D eigenvalue weighted by Crippen LogP contribution is 2.25. The van der Waals surface area contributed by atoms with Gasteiger partial charge in [0.2, 0.25) is 5.91 Å². The minimum absolute atomic E-state index is 0.0227. The van der Waals surface area contributed by atoms with Crippen LogP contribution in [0.25, 0.3) is 0 Å². The monoisotopic (exact) mass is 372 g/mol. The van der Waals surface area contributed by atoms with E-state index in [4.69, 9.17) is 4.74 Å². The Morgan fingerprint density at radius 2 is 2.04 bits per heavy atom. The smallest absolute Gasteiger partial charge is 0.239 e. The van der Waals surface area contributed by atoms with Crippen molar-refractivity contribution in [2.45, 2.75) is 51.2 Å². The first-order valence-electron chi connectivity index (χ1n) is 10.1. The second-order valence-corrected chi connectivity index (χ2v) is 7.47. The summed E-state index contributed by atoms with van der Waals surface area (Å²) >= 11 is 0. The lowest BCUT2D eigenvalue weighted by atomic mass is 9.95. The minimum atomic E-state index is 0.0227. The Labute approximate surface area is 162 Å². The van der Waals surface area contributed by atoms with Gasteiger partial charge in [0.1, 0.15) is 6.10 Å². The minimum Gasteiger partial charge on any atom is -0.370 e. The van der Waals surface area contributed by atoms with Crippen molar-refractivity contribution < 1.29 is 9.53 Å². The van der Waals surface area contributed by atoms with E-state index in [0.717, 1.165) is 31.9 Å². The number of carbonyl (C=O) groups is 1. The highest BCUT2D eigenvalue weighted by molar-refractivity contribution is 5.86. The molecule has 1 heterocycles. The maximum absolute atomic E-state index is 12.3. The zero-order chi connectivity index (χ0) is 19.1. The summed E-state index contributed by atoms with van der Waals surface area (Å²) in [7, 11) is 1.76. The number of hydrogen-bond donors (Lipinski definition) is 2. The molecule has 1 aliphatic carbocycles. The molecule has 0 aromatic heterocycles. The molecule has 2 aliphatic rings. The van der Waals surface area contributed by atoms with Gasteiger partial charge in [0.05, 0.1) is 19.7 Å². The second-order valence-electron chi connectivity index (χ2n) is 7.47. The van der Waals surface area contributed by atoms with Crippen molar-refractivity contribution in [2.24, 2.45) is 4.99 Å². The number of guanidine groups is 1. The molecule has 1 amide bonds. The van der Waals surface area contributed by atoms with Gasteiger partial charge in [-0.25, -0.2) is 0 Å². The lowest BCUT2D eigenvalue weighted by Crippen LogP contribution is -2.51. The molecule has 6 heteroatoms. The third-order valence-corrected chi connectivity index (χ3v) is 5.49. The van der Waals surface area contributed by atoms with E-state index in [1.165, 1.54) is 30.4 Å². The molecular formula is C21H32N4O2. The van der Waals surface area contributed by atoms with Crippen LogP contribution in [0, 0.1) is 6.92 Å². The van der Waals surface area contributed by atoms with E-state index in [1.807, 2.05) is 12.1 Å². The van der Waals surface area contributed by atoms with Crippen LogP contribution in [0.1, 0.15) is 49.3 Å². The number of hydrogen-bond acceptors (Lipinski definition) is 3. The number of nitrogens with one attached hydrogen (secondary N) is 2. The quantitative estimate of drug-likeness (QED) is 0.629. The Bertz CT molecular complexity index is 655. The first-order chi connectivity index (χ1) is 13.2. The second kappa shape index (κ2) is 9.74. The fourth-order valence-electron chi connectivity index (χ4n) is 4.00. The number of carbonyl (C=O) groups excluding carboxylic acids is 1. The summed E-state index contributed by atoms with van der Waals surface area (Å²) < 4.78 is 5.99. The third-order valence-electron chi connectivity index (χ3n) is 5.49. The molecule has 6 nitrogen and oxygen atoms in total. The van der Waals surface area contributed by atoms with E-state index < -0.39 is 0 Å². The van der Waals surface area contributed by atoms with E-state index >= 15 is 0 Å². The standard InChI is InChI=1S/C21H32N4O2/c1-16-8-6-7-11-18(16)19-15-25(12-13-27-19)21(22-2)23-14-20(26)24-17-9-4-3-5-10-17/h6-8,11,17,19H,3-5,9-10,12-15H2,1-2H3,(H,22,23)(H,24,26). The summed E-state index contributed by atoms with van der Waals surface area (Å²) in [6, 6.07) is 8.67. The Hall–Kier alpha value is -2.08. The maximum atomic E-state index is 12.3. The molecule has 3 rings (SSSR count). The van der Waals surface area contributed by atoms with Gasteiger partial charge in [-0.05, 0) is 30.9 Å². The predicted octanol–water partition coefficient (Wildman–Crippen LogP) is 2.39. The normalized spacial score (nSPS) is 21.8. The van der Waals surface area contributed by atoms with Crippen molar-refractivity contribution in [3.63, 3.8) is 0 Å². The molecule has 1 aromatic rings. The van der Waals surface area contributed by atoms with Crippen LogP contribution in [0.5, 0.6) is 0 Å². The molecule has 148 valence electrons. The van der Waals surface area contributed by atoms with Crippen LogP contribution >= 0.6 is 0 Å². The summed E-state index contributed by atoms with van der Waals surface area (Å²) in [6.45, 7) is 4.52. The summed E-state index contributed by atoms with van der Waals surface area (Å²) in [6.07, 6.45) is 5.94. The highest BCUT2D eigenvalue weighted by Gasteiger charge is 2.25. The third kappa shape index (κ3) is 5.45. The Morgan fingerprint density at radius 1 is 1.26 bits per heavy atom. The van der Waals surface area contributed by atoms with Gasteiger partial charge in [0.25, 0.3) is 0 Å². The zero-order valence-electron chi connectivity index (χ0n) is 16.5. The van der Waals surface area contributed by atoms with Gasteiger partial charge in [-0.2, -0.15) is 0 Å². The number of ether oxygens (including phenoxy) is 1. The summed E-state index contributed by atoms with van der Waals surface area (Å²) in [4.78, 5) is 18.8. The van der Waals surface area contributed by atoms with E-state index in [2.05, 4.69) is 39.6 Å². The number of aliphatic imine (C=N–C) groups is 1. The molecule has 1 atom stereocenters. The molecule has 0 radical (unpaired) electrons. The van der Waals surface area contributed by atoms with E-state index in [9.17, 15) is 4.79 Å². The highest BCUT2D eigenvalue weighted by atomic mass is 16.5. The Balaban J connectivity index is 1.52. The van der Waals surface area contributed by atoms with Crippen LogP contribution in [-0.4, -0.2) is 56.1 Å². The summed E-state index contributed by atoms with van der Waals surface area (Å²) in [5, 5.41) is 6.37. The molecule has 1 aromatic carbocycles. The summed E-state index contributed by atoms with van der Waals surface area (Å²) in [5.74, 6) is 0.808. The van der Waals surface area contributed by atoms with Crippen molar-refractivity contribution >= 4 is 11.9 Å². The number of aryl methyl sites for hydroxylation is 1. The van der Waals surface area contributed by atoms with Crippen LogP contribution < -0.4 is 10.6 Å². The number of nitrogens with zero attached hydrogens (tertiary/aromatic N) is 2. The van der Waals surface area contributed by atoms with Crippen molar-refractivity contribution in [1.82, 2.24) is 15.5 Å². The van der Waals surface area contributed by atoms with Crippen LogP contribution in [0.3, 0.4) is 0 Å². The molecule has 1 unspecified atom stereocenters. The van der Waals surface area contributed by atoms with Gasteiger partial charge < -0.3 is 20.3 Å². The predicted molar refractivity (Wildman–Crippen MR) is 108 cm³/mol. The first-order valence-corrected chi connectivity index (χ1v) is 10.1. The van der Waals surface area contributed by atoms with E-state index in [1.54, 1.807) is 7.05 Å². The lowest BCUT2D eigenvalue weighted by molar-refractivity contribution is -0.120. The average molecular weight is 373 g/mol. The largest absolute Gasteiger partial charge is 0.370 e. The van der Waals surface area contributed by atoms with Crippen LogP contribution in [-0.2, 0) is 9.53 Å². The molecular weight excluding hydrogens is 340 g/mol. The lowest BCUT2D eigenvalue weighted by Gasteiger charge is -2.35. The Morgan fingerprint density at radius 3 is 2.78 bits per heavy atom. The number of benzene rings is 1. The molecule has 0 spiro atoms. The van der Waals surface area contributed by atoms with Crippen LogP contribution in [0.2, 0.25) is 0 Å². The van der Waals surface area contributed by atoms with Gasteiger partial charge >= 0.3 is 0 Å². The topological polar surface area (TPSA) is 66.0 Å². The van der Waals surface area contributed by atoms with Crippen LogP contribution in [0.15, 0.2) is 29.3 Å². The molecule has 1 aliphatic heterocycles. The first kappa shape index (κ1) is 19.7. The zero-order valence-corrected chi connectivity index (χ0v) is 16.5. The maximum Gasteiger partial charge on any atom is 0.239 e. The van der Waals surface area contributed by atoms with Crippen LogP contribution in [0.4, 0.5) is 0 Å².